The minimum absolute atomic E-state index is 0.362. The quantitative estimate of drug-likeness (QED) is 0.728. The van der Waals surface area contributed by atoms with Gasteiger partial charge >= 0.3 is 5.97 Å². The van der Waals surface area contributed by atoms with E-state index in [0.29, 0.717) is 11.3 Å². The van der Waals surface area contributed by atoms with Crippen LogP contribution in [-0.4, -0.2) is 24.0 Å². The van der Waals surface area contributed by atoms with Crippen molar-refractivity contribution in [2.45, 2.75) is 6.04 Å². The molecule has 0 aliphatic carbocycles. The van der Waals surface area contributed by atoms with Crippen LogP contribution in [0.25, 0.3) is 10.8 Å². The number of carbonyl (C=O) groups is 2. The van der Waals surface area contributed by atoms with Crippen molar-refractivity contribution in [2.24, 2.45) is 0 Å². The fraction of sp³-hybridized carbons (Fsp3) is 0.111. The molecule has 1 amide bonds. The number of amides is 1. The Hall–Kier alpha value is -3.08. The molecule has 116 valence electrons. The van der Waals surface area contributed by atoms with Gasteiger partial charge in [0.15, 0.2) is 6.04 Å². The zero-order valence-corrected chi connectivity index (χ0v) is 12.6. The highest BCUT2D eigenvalue weighted by Crippen LogP contribution is 2.21. The first-order valence-electron chi connectivity index (χ1n) is 7.20. The van der Waals surface area contributed by atoms with Crippen LogP contribution in [-0.2, 0) is 9.53 Å². The van der Waals surface area contributed by atoms with E-state index in [1.165, 1.54) is 7.11 Å². The number of benzene rings is 2. The van der Waals surface area contributed by atoms with Crippen molar-refractivity contribution in [3.63, 3.8) is 0 Å². The van der Waals surface area contributed by atoms with E-state index < -0.39 is 12.0 Å². The van der Waals surface area contributed by atoms with Crippen LogP contribution >= 0.6 is 0 Å². The first-order valence-corrected chi connectivity index (χ1v) is 7.20. The highest BCUT2D eigenvalue weighted by Gasteiger charge is 2.24. The number of hydrogen-bond acceptors (Lipinski definition) is 3. The summed E-state index contributed by atoms with van der Waals surface area (Å²) in [6, 6.07) is 15.9. The Morgan fingerprint density at radius 1 is 1.04 bits per heavy atom. The second kappa shape index (κ2) is 6.36. The van der Waals surface area contributed by atoms with Gasteiger partial charge in [-0.15, -0.1) is 0 Å². The molecule has 2 N–H and O–H groups in total. The number of esters is 1. The van der Waals surface area contributed by atoms with Gasteiger partial charge in [-0.1, -0.05) is 36.4 Å². The fourth-order valence-electron chi connectivity index (χ4n) is 2.46. The van der Waals surface area contributed by atoms with Crippen LogP contribution < -0.4 is 5.32 Å². The molecule has 23 heavy (non-hydrogen) atoms. The Labute approximate surface area is 133 Å². The number of fused-ring (bicyclic) bond motifs is 1. The third kappa shape index (κ3) is 3.08. The van der Waals surface area contributed by atoms with E-state index in [1.807, 2.05) is 42.5 Å². The summed E-state index contributed by atoms with van der Waals surface area (Å²) in [6.45, 7) is 0. The first kappa shape index (κ1) is 14.8. The maximum Gasteiger partial charge on any atom is 0.333 e. The maximum atomic E-state index is 12.2. The number of carbonyl (C=O) groups excluding carboxylic acids is 2. The van der Waals surface area contributed by atoms with Gasteiger partial charge in [0.25, 0.3) is 5.91 Å². The Kier molecular flexibility index (Phi) is 4.10. The van der Waals surface area contributed by atoms with Gasteiger partial charge in [-0.25, -0.2) is 4.79 Å². The molecule has 1 heterocycles. The van der Waals surface area contributed by atoms with E-state index in [1.54, 1.807) is 18.3 Å². The lowest BCUT2D eigenvalue weighted by molar-refractivity contribution is -0.143. The van der Waals surface area contributed by atoms with Crippen molar-refractivity contribution in [3.8, 4) is 0 Å². The molecular weight excluding hydrogens is 292 g/mol. The average Bonchev–Trinajstić information content (AvgIpc) is 3.13. The van der Waals surface area contributed by atoms with E-state index in [2.05, 4.69) is 10.3 Å². The molecule has 5 heteroatoms. The number of nitrogens with one attached hydrogen (secondary N) is 2. The van der Waals surface area contributed by atoms with Gasteiger partial charge in [-0.2, -0.15) is 0 Å². The molecule has 1 aromatic heterocycles. The number of methoxy groups -OCH3 is 1. The summed E-state index contributed by atoms with van der Waals surface area (Å²) in [4.78, 5) is 27.1. The second-order valence-electron chi connectivity index (χ2n) is 5.12. The Balaban J connectivity index is 1.94. The van der Waals surface area contributed by atoms with E-state index in [0.717, 1.165) is 10.8 Å². The molecule has 0 bridgehead atoms. The van der Waals surface area contributed by atoms with Crippen LogP contribution in [0.5, 0.6) is 0 Å². The van der Waals surface area contributed by atoms with Crippen molar-refractivity contribution in [2.75, 3.05) is 7.11 Å². The van der Waals surface area contributed by atoms with Crippen LogP contribution in [0.1, 0.15) is 22.1 Å². The molecule has 1 atom stereocenters. The third-order valence-corrected chi connectivity index (χ3v) is 3.66. The van der Waals surface area contributed by atoms with Gasteiger partial charge in [0, 0.05) is 6.20 Å². The van der Waals surface area contributed by atoms with Crippen molar-refractivity contribution < 1.29 is 14.3 Å². The largest absolute Gasteiger partial charge is 0.467 e. The molecular formula is C18H16N2O3. The normalized spacial score (nSPS) is 11.9. The van der Waals surface area contributed by atoms with Crippen molar-refractivity contribution in [1.29, 1.82) is 0 Å². The summed E-state index contributed by atoms with van der Waals surface area (Å²) in [5.74, 6) is -0.876. The maximum absolute atomic E-state index is 12.2. The van der Waals surface area contributed by atoms with E-state index in [-0.39, 0.29) is 5.91 Å². The molecule has 0 spiro atoms. The standard InChI is InChI=1S/C18H16N2O3/c1-23-18(22)16(20-17(21)15-7-4-10-19-15)14-9-8-12-5-2-3-6-13(12)11-14/h2-11,16,19H,1H3,(H,20,21)/t16-/m0/s1. The number of rotatable bonds is 4. The molecule has 0 radical (unpaired) electrons. The molecule has 0 aliphatic rings. The molecule has 0 saturated heterocycles. The van der Waals surface area contributed by atoms with Gasteiger partial charge in [0.1, 0.15) is 5.69 Å². The molecule has 3 rings (SSSR count). The van der Waals surface area contributed by atoms with Crippen LogP contribution in [0.4, 0.5) is 0 Å². The van der Waals surface area contributed by atoms with Crippen molar-refractivity contribution in [3.05, 3.63) is 72.1 Å². The van der Waals surface area contributed by atoms with E-state index in [9.17, 15) is 9.59 Å². The number of ether oxygens (including phenoxy) is 1. The lowest BCUT2D eigenvalue weighted by atomic mass is 10.0. The van der Waals surface area contributed by atoms with Gasteiger partial charge in [0.2, 0.25) is 0 Å². The van der Waals surface area contributed by atoms with Crippen LogP contribution in [0.3, 0.4) is 0 Å². The van der Waals surface area contributed by atoms with Crippen molar-refractivity contribution >= 4 is 22.6 Å². The molecule has 2 aromatic carbocycles. The average molecular weight is 308 g/mol. The predicted octanol–water partition coefficient (Wildman–Crippen LogP) is 2.81. The monoisotopic (exact) mass is 308 g/mol. The summed E-state index contributed by atoms with van der Waals surface area (Å²) in [5.41, 5.74) is 1.06. The van der Waals surface area contributed by atoms with Gasteiger partial charge in [-0.05, 0) is 34.5 Å². The minimum Gasteiger partial charge on any atom is -0.467 e. The summed E-state index contributed by atoms with van der Waals surface area (Å²) < 4.78 is 4.83. The van der Waals surface area contributed by atoms with Gasteiger partial charge in [0.05, 0.1) is 7.11 Å². The summed E-state index contributed by atoms with van der Waals surface area (Å²) in [6.07, 6.45) is 1.65. The molecule has 5 nitrogen and oxygen atoms in total. The second-order valence-corrected chi connectivity index (χ2v) is 5.12. The summed E-state index contributed by atoms with van der Waals surface area (Å²) in [5, 5.41) is 4.77. The number of aromatic nitrogens is 1. The van der Waals surface area contributed by atoms with Crippen LogP contribution in [0.15, 0.2) is 60.8 Å². The Bertz CT molecular complexity index is 840. The zero-order chi connectivity index (χ0) is 16.2. The predicted molar refractivity (Wildman–Crippen MR) is 87.0 cm³/mol. The molecule has 0 aliphatic heterocycles. The molecule has 0 fully saturated rings. The van der Waals surface area contributed by atoms with E-state index >= 15 is 0 Å². The summed E-state index contributed by atoms with van der Waals surface area (Å²) >= 11 is 0. The highest BCUT2D eigenvalue weighted by molar-refractivity contribution is 5.96. The SMILES string of the molecule is COC(=O)[C@@H](NC(=O)c1ccc[nH]1)c1ccc2ccccc2c1. The smallest absolute Gasteiger partial charge is 0.333 e. The van der Waals surface area contributed by atoms with Gasteiger partial charge in [-0.3, -0.25) is 4.79 Å². The fourth-order valence-corrected chi connectivity index (χ4v) is 2.46. The van der Waals surface area contributed by atoms with Crippen LogP contribution in [0, 0.1) is 0 Å². The molecule has 3 aromatic rings. The number of H-pyrrole nitrogens is 1. The Morgan fingerprint density at radius 3 is 2.52 bits per heavy atom. The number of hydrogen-bond donors (Lipinski definition) is 2. The first-order chi connectivity index (χ1) is 11.2. The topological polar surface area (TPSA) is 71.2 Å². The minimum atomic E-state index is -0.861. The summed E-state index contributed by atoms with van der Waals surface area (Å²) in [7, 11) is 1.30. The highest BCUT2D eigenvalue weighted by atomic mass is 16.5. The van der Waals surface area contributed by atoms with E-state index in [4.69, 9.17) is 4.74 Å². The molecule has 0 unspecified atom stereocenters. The zero-order valence-electron chi connectivity index (χ0n) is 12.6. The van der Waals surface area contributed by atoms with Crippen LogP contribution in [0.2, 0.25) is 0 Å². The lowest BCUT2D eigenvalue weighted by Gasteiger charge is -2.17. The van der Waals surface area contributed by atoms with Crippen molar-refractivity contribution in [1.82, 2.24) is 10.3 Å². The Morgan fingerprint density at radius 2 is 1.83 bits per heavy atom. The molecule has 0 saturated carbocycles. The van der Waals surface area contributed by atoms with Gasteiger partial charge < -0.3 is 15.0 Å². The third-order valence-electron chi connectivity index (χ3n) is 3.66. The number of aromatic amines is 1. The lowest BCUT2D eigenvalue weighted by Crippen LogP contribution is -2.34.